The van der Waals surface area contributed by atoms with Gasteiger partial charge in [-0.1, -0.05) is 65.8 Å². The lowest BCUT2D eigenvalue weighted by Crippen LogP contribution is -2.13. The zero-order valence-corrected chi connectivity index (χ0v) is 14.1. The van der Waals surface area contributed by atoms with Crippen LogP contribution < -0.4 is 0 Å². The van der Waals surface area contributed by atoms with Gasteiger partial charge in [0.15, 0.2) is 5.16 Å². The number of fused-ring (bicyclic) bond motifs is 1. The van der Waals surface area contributed by atoms with E-state index in [0.29, 0.717) is 0 Å². The highest BCUT2D eigenvalue weighted by Gasteiger charge is 2.21. The number of thioether (sulfide) groups is 1. The van der Waals surface area contributed by atoms with Crippen molar-refractivity contribution in [2.45, 2.75) is 12.1 Å². The van der Waals surface area contributed by atoms with Crippen molar-refractivity contribution < 1.29 is 0 Å². The van der Waals surface area contributed by atoms with Crippen LogP contribution in [-0.4, -0.2) is 21.1 Å². The molecule has 1 aliphatic rings. The van der Waals surface area contributed by atoms with Gasteiger partial charge in [-0.15, -0.1) is 0 Å². The number of aromatic nitrogens is 2. The maximum absolute atomic E-state index is 5.97. The molecule has 3 nitrogen and oxygen atoms in total. The molecule has 114 valence electrons. The van der Waals surface area contributed by atoms with Crippen LogP contribution in [0.4, 0.5) is 0 Å². The summed E-state index contributed by atoms with van der Waals surface area (Å²) in [6.07, 6.45) is 0. The highest BCUT2D eigenvalue weighted by atomic mass is 35.5. The molecular weight excluding hydrogens is 326 g/mol. The summed E-state index contributed by atoms with van der Waals surface area (Å²) in [7, 11) is 0. The standard InChI is InChI=1S/C18H14ClN3S/c1-12-17(14-5-3-2-4-6-14)20-18-22(12)21-16(11-23-18)13-7-9-15(19)10-8-13/h2-10H,11H2,1H3. The lowest BCUT2D eigenvalue weighted by Gasteiger charge is -2.14. The lowest BCUT2D eigenvalue weighted by atomic mass is 10.1. The van der Waals surface area contributed by atoms with Crippen molar-refractivity contribution in [1.29, 1.82) is 0 Å². The molecule has 4 rings (SSSR count). The first-order valence-corrected chi connectivity index (χ1v) is 8.70. The molecule has 0 bridgehead atoms. The van der Waals surface area contributed by atoms with Gasteiger partial charge >= 0.3 is 0 Å². The third-order valence-electron chi connectivity index (χ3n) is 3.83. The third-order valence-corrected chi connectivity index (χ3v) is 5.02. The Morgan fingerprint density at radius 1 is 1.00 bits per heavy atom. The molecule has 0 saturated heterocycles. The largest absolute Gasteiger partial charge is 0.221 e. The molecule has 1 aliphatic heterocycles. The summed E-state index contributed by atoms with van der Waals surface area (Å²) in [5.41, 5.74) is 5.32. The van der Waals surface area contributed by atoms with Crippen molar-refractivity contribution >= 4 is 29.1 Å². The SMILES string of the molecule is Cc1c(-c2ccccc2)nc2n1N=C(c1ccc(Cl)cc1)CS2. The minimum atomic E-state index is 0.740. The minimum absolute atomic E-state index is 0.740. The van der Waals surface area contributed by atoms with E-state index in [9.17, 15) is 0 Å². The van der Waals surface area contributed by atoms with Gasteiger partial charge in [-0.25, -0.2) is 9.66 Å². The van der Waals surface area contributed by atoms with Gasteiger partial charge in [0.05, 0.1) is 17.1 Å². The van der Waals surface area contributed by atoms with Crippen molar-refractivity contribution in [2.24, 2.45) is 5.10 Å². The molecule has 1 aromatic heterocycles. The smallest absolute Gasteiger partial charge is 0.190 e. The van der Waals surface area contributed by atoms with Crippen LogP contribution in [0.25, 0.3) is 11.3 Å². The van der Waals surface area contributed by atoms with Crippen molar-refractivity contribution in [1.82, 2.24) is 9.66 Å². The molecule has 0 N–H and O–H groups in total. The highest BCUT2D eigenvalue weighted by Crippen LogP contribution is 2.31. The Morgan fingerprint density at radius 3 is 2.48 bits per heavy atom. The number of hydrogen-bond acceptors (Lipinski definition) is 3. The number of hydrogen-bond donors (Lipinski definition) is 0. The lowest BCUT2D eigenvalue weighted by molar-refractivity contribution is 0.735. The first-order chi connectivity index (χ1) is 11.2. The highest BCUT2D eigenvalue weighted by molar-refractivity contribution is 7.99. The van der Waals surface area contributed by atoms with Gasteiger partial charge in [0.25, 0.3) is 0 Å². The maximum atomic E-state index is 5.97. The Bertz CT molecular complexity index is 883. The molecule has 0 amide bonds. The Hall–Kier alpha value is -2.04. The van der Waals surface area contributed by atoms with Crippen LogP contribution >= 0.6 is 23.4 Å². The van der Waals surface area contributed by atoms with Gasteiger partial charge < -0.3 is 0 Å². The molecular formula is C18H14ClN3S. The van der Waals surface area contributed by atoms with Gasteiger partial charge in [-0.3, -0.25) is 0 Å². The molecule has 3 aromatic rings. The Labute approximate surface area is 144 Å². The second kappa shape index (κ2) is 5.87. The van der Waals surface area contributed by atoms with Gasteiger partial charge in [-0.05, 0) is 24.6 Å². The summed E-state index contributed by atoms with van der Waals surface area (Å²) >= 11 is 7.68. The van der Waals surface area contributed by atoms with E-state index in [0.717, 1.165) is 44.2 Å². The zero-order valence-electron chi connectivity index (χ0n) is 12.5. The molecule has 0 atom stereocenters. The Morgan fingerprint density at radius 2 is 1.74 bits per heavy atom. The maximum Gasteiger partial charge on any atom is 0.190 e. The molecule has 2 heterocycles. The summed E-state index contributed by atoms with van der Waals surface area (Å²) in [5, 5.41) is 6.48. The first kappa shape index (κ1) is 14.5. The summed E-state index contributed by atoms with van der Waals surface area (Å²) in [5.74, 6) is 0.812. The Balaban J connectivity index is 1.78. The fourth-order valence-corrected chi connectivity index (χ4v) is 3.69. The number of rotatable bonds is 2. The number of nitrogens with zero attached hydrogens (tertiary/aromatic N) is 3. The summed E-state index contributed by atoms with van der Waals surface area (Å²) in [4.78, 5) is 4.76. The van der Waals surface area contributed by atoms with Gasteiger partial charge in [0, 0.05) is 16.3 Å². The zero-order chi connectivity index (χ0) is 15.8. The number of benzene rings is 2. The molecule has 0 saturated carbocycles. The Kier molecular flexibility index (Phi) is 3.71. The van der Waals surface area contributed by atoms with Crippen LogP contribution in [0.3, 0.4) is 0 Å². The van der Waals surface area contributed by atoms with Crippen LogP contribution in [0.15, 0.2) is 64.9 Å². The van der Waals surface area contributed by atoms with Crippen LogP contribution in [0.5, 0.6) is 0 Å². The summed E-state index contributed by atoms with van der Waals surface area (Å²) < 4.78 is 1.94. The first-order valence-electron chi connectivity index (χ1n) is 7.34. The molecule has 0 aliphatic carbocycles. The van der Waals surface area contributed by atoms with E-state index in [-0.39, 0.29) is 0 Å². The van der Waals surface area contributed by atoms with Gasteiger partial charge in [-0.2, -0.15) is 5.10 Å². The number of halogens is 1. The van der Waals surface area contributed by atoms with E-state index in [4.69, 9.17) is 21.7 Å². The molecule has 0 unspecified atom stereocenters. The normalized spacial score (nSPS) is 13.6. The molecule has 0 fully saturated rings. The molecule has 23 heavy (non-hydrogen) atoms. The third kappa shape index (κ3) is 2.69. The second-order valence-corrected chi connectivity index (χ2v) is 6.73. The summed E-state index contributed by atoms with van der Waals surface area (Å²) in [6, 6.07) is 18.1. The fourth-order valence-electron chi connectivity index (χ4n) is 2.61. The topological polar surface area (TPSA) is 30.2 Å². The van der Waals surface area contributed by atoms with Crippen molar-refractivity contribution in [3.8, 4) is 11.3 Å². The van der Waals surface area contributed by atoms with Gasteiger partial charge in [0.2, 0.25) is 0 Å². The molecule has 0 radical (unpaired) electrons. The van der Waals surface area contributed by atoms with E-state index in [1.165, 1.54) is 0 Å². The van der Waals surface area contributed by atoms with E-state index in [2.05, 4.69) is 19.1 Å². The predicted octanol–water partition coefficient (Wildman–Crippen LogP) is 4.87. The molecule has 5 heteroatoms. The second-order valence-electron chi connectivity index (χ2n) is 5.35. The van der Waals surface area contributed by atoms with Crippen LogP contribution in [0, 0.1) is 6.92 Å². The monoisotopic (exact) mass is 339 g/mol. The van der Waals surface area contributed by atoms with Crippen molar-refractivity contribution in [3.63, 3.8) is 0 Å². The predicted molar refractivity (Wildman–Crippen MR) is 96.5 cm³/mol. The van der Waals surface area contributed by atoms with Crippen molar-refractivity contribution in [3.05, 3.63) is 70.9 Å². The fraction of sp³-hybridized carbons (Fsp3) is 0.111. The molecule has 2 aromatic carbocycles. The van der Waals surface area contributed by atoms with E-state index in [1.54, 1.807) is 11.8 Å². The average Bonchev–Trinajstić information content (AvgIpc) is 2.93. The van der Waals surface area contributed by atoms with Crippen molar-refractivity contribution in [2.75, 3.05) is 5.75 Å². The number of imidazole rings is 1. The van der Waals surface area contributed by atoms with E-state index < -0.39 is 0 Å². The summed E-state index contributed by atoms with van der Waals surface area (Å²) in [6.45, 7) is 2.06. The van der Waals surface area contributed by atoms with E-state index in [1.807, 2.05) is 47.1 Å². The molecule has 0 spiro atoms. The van der Waals surface area contributed by atoms with Crippen LogP contribution in [0.2, 0.25) is 5.02 Å². The minimum Gasteiger partial charge on any atom is -0.221 e. The van der Waals surface area contributed by atoms with E-state index >= 15 is 0 Å². The average molecular weight is 340 g/mol. The quantitative estimate of drug-likeness (QED) is 0.666. The van der Waals surface area contributed by atoms with Crippen LogP contribution in [0.1, 0.15) is 11.3 Å². The van der Waals surface area contributed by atoms with Crippen LogP contribution in [-0.2, 0) is 0 Å². The van der Waals surface area contributed by atoms with Gasteiger partial charge in [0.1, 0.15) is 0 Å².